The highest BCUT2D eigenvalue weighted by atomic mass is 16.7. The topological polar surface area (TPSA) is 228 Å². The zero-order valence-corrected chi connectivity index (χ0v) is 39.1. The van der Waals surface area contributed by atoms with Crippen LogP contribution in [0.5, 0.6) is 0 Å². The second-order valence-corrected chi connectivity index (χ2v) is 17.9. The van der Waals surface area contributed by atoms with Crippen molar-refractivity contribution < 1.29 is 64.6 Å². The van der Waals surface area contributed by atoms with Crippen LogP contribution in [-0.2, 0) is 23.7 Å². The highest BCUT2D eigenvalue weighted by molar-refractivity contribution is 5.76. The van der Waals surface area contributed by atoms with Crippen LogP contribution in [0.4, 0.5) is 0 Å². The number of aliphatic hydroxyl groups is 8. The van der Waals surface area contributed by atoms with Gasteiger partial charge in [0.05, 0.1) is 32.0 Å². The third-order valence-electron chi connectivity index (χ3n) is 12.4. The molecule has 9 N–H and O–H groups in total. The summed E-state index contributed by atoms with van der Waals surface area (Å²) in [6.45, 7) is 2.75. The van der Waals surface area contributed by atoms with Crippen molar-refractivity contribution in [1.29, 1.82) is 0 Å². The van der Waals surface area contributed by atoms with E-state index >= 15 is 0 Å². The number of hydrogen-bond donors (Lipinski definition) is 9. The molecule has 2 aliphatic heterocycles. The number of nitrogens with one attached hydrogen (secondary N) is 1. The second kappa shape index (κ2) is 36.6. The van der Waals surface area contributed by atoms with E-state index in [4.69, 9.17) is 18.9 Å². The van der Waals surface area contributed by atoms with Gasteiger partial charge in [-0.1, -0.05) is 173 Å². The van der Waals surface area contributed by atoms with Crippen molar-refractivity contribution in [3.63, 3.8) is 0 Å². The van der Waals surface area contributed by atoms with Gasteiger partial charge in [-0.2, -0.15) is 0 Å². The molecule has 0 radical (unpaired) electrons. The van der Waals surface area contributed by atoms with Gasteiger partial charge >= 0.3 is 0 Å². The quantitative estimate of drug-likeness (QED) is 0.0250. The minimum absolute atomic E-state index is 0.249. The Hall–Kier alpha value is -1.53. The predicted molar refractivity (Wildman–Crippen MR) is 245 cm³/mol. The van der Waals surface area contributed by atoms with E-state index in [9.17, 15) is 45.6 Å². The van der Waals surface area contributed by atoms with E-state index in [0.29, 0.717) is 12.8 Å². The molecule has 63 heavy (non-hydrogen) atoms. The van der Waals surface area contributed by atoms with E-state index in [0.717, 1.165) is 32.1 Å². The fourth-order valence-electron chi connectivity index (χ4n) is 8.25. The van der Waals surface area contributed by atoms with Crippen molar-refractivity contribution in [2.24, 2.45) is 0 Å². The van der Waals surface area contributed by atoms with Gasteiger partial charge in [-0.3, -0.25) is 4.79 Å². The van der Waals surface area contributed by atoms with Crippen LogP contribution in [0, 0.1) is 0 Å². The maximum absolute atomic E-state index is 13.1. The van der Waals surface area contributed by atoms with Crippen molar-refractivity contribution in [2.45, 2.75) is 261 Å². The Labute approximate surface area is 379 Å². The molecule has 14 nitrogen and oxygen atoms in total. The average molecular weight is 902 g/mol. The molecular weight excluding hydrogens is 811 g/mol. The van der Waals surface area contributed by atoms with Gasteiger partial charge in [0.2, 0.25) is 5.91 Å². The maximum atomic E-state index is 13.1. The first-order chi connectivity index (χ1) is 30.6. The van der Waals surface area contributed by atoms with Gasteiger partial charge in [0.1, 0.15) is 48.8 Å². The van der Waals surface area contributed by atoms with Crippen molar-refractivity contribution in [3.8, 4) is 0 Å². The lowest BCUT2D eigenvalue weighted by Crippen LogP contribution is -2.65. The van der Waals surface area contributed by atoms with Crippen LogP contribution in [0.2, 0.25) is 0 Å². The standard InChI is InChI=1S/C49H91NO13/c1-3-5-7-9-11-13-15-17-18-19-20-21-23-25-27-29-31-33-41(54)50-37(38(53)32-30-28-26-24-22-16-14-12-10-8-6-4-2)36-60-48-46(59)44(57)47(40(35-52)62-48)63-49-45(58)43(56)42(55)39(34-51)61-49/h22,24,30,32,37-40,42-49,51-53,55-59H,3-21,23,25-29,31,33-36H2,1-2H3,(H,50,54)/b24-22+,32-30+. The molecule has 2 heterocycles. The second-order valence-electron chi connectivity index (χ2n) is 17.9. The van der Waals surface area contributed by atoms with E-state index in [2.05, 4.69) is 31.3 Å². The maximum Gasteiger partial charge on any atom is 0.220 e. The number of aliphatic hydroxyl groups excluding tert-OH is 8. The van der Waals surface area contributed by atoms with Gasteiger partial charge in [0.15, 0.2) is 12.6 Å². The monoisotopic (exact) mass is 902 g/mol. The summed E-state index contributed by atoms with van der Waals surface area (Å²) >= 11 is 0. The molecule has 2 saturated heterocycles. The molecule has 0 saturated carbocycles. The van der Waals surface area contributed by atoms with Crippen LogP contribution in [0.1, 0.15) is 187 Å². The molecular formula is C49H91NO13. The molecule has 12 atom stereocenters. The molecule has 2 aliphatic rings. The summed E-state index contributed by atoms with van der Waals surface area (Å²) in [5.41, 5.74) is 0. The zero-order valence-electron chi connectivity index (χ0n) is 39.1. The van der Waals surface area contributed by atoms with Crippen LogP contribution in [0.25, 0.3) is 0 Å². The molecule has 0 aromatic heterocycles. The van der Waals surface area contributed by atoms with E-state index < -0.39 is 86.8 Å². The first kappa shape index (κ1) is 57.6. The number of rotatable bonds is 38. The van der Waals surface area contributed by atoms with Crippen LogP contribution in [0.15, 0.2) is 24.3 Å². The Morgan fingerprint density at radius 3 is 1.56 bits per heavy atom. The zero-order chi connectivity index (χ0) is 46.1. The molecule has 2 rings (SSSR count). The van der Waals surface area contributed by atoms with E-state index in [1.807, 2.05) is 6.08 Å². The normalized spacial score (nSPS) is 27.7. The SMILES string of the molecule is CCCCCCCC/C=C/CC/C=C/C(O)C(COC1OC(CO)C(OC2OC(CO)C(O)C(O)C2O)C(O)C1O)NC(=O)CCCCCCCCCCCCCCCCCCC. The number of allylic oxidation sites excluding steroid dienone is 3. The highest BCUT2D eigenvalue weighted by Crippen LogP contribution is 2.30. The third kappa shape index (κ3) is 24.2. The molecule has 370 valence electrons. The van der Waals surface area contributed by atoms with Gasteiger partial charge < -0.3 is 65.1 Å². The van der Waals surface area contributed by atoms with Gasteiger partial charge in [0.25, 0.3) is 0 Å². The number of carbonyl (C=O) groups is 1. The molecule has 0 aromatic rings. The van der Waals surface area contributed by atoms with Crippen molar-refractivity contribution in [1.82, 2.24) is 5.32 Å². The Balaban J connectivity index is 1.85. The Kier molecular flexibility index (Phi) is 33.4. The smallest absolute Gasteiger partial charge is 0.220 e. The molecule has 0 aliphatic carbocycles. The summed E-state index contributed by atoms with van der Waals surface area (Å²) in [6, 6.07) is -0.925. The lowest BCUT2D eigenvalue weighted by molar-refractivity contribution is -0.359. The molecule has 0 aromatic carbocycles. The van der Waals surface area contributed by atoms with Gasteiger partial charge in [-0.05, 0) is 32.1 Å². The van der Waals surface area contributed by atoms with Gasteiger partial charge in [-0.25, -0.2) is 0 Å². The van der Waals surface area contributed by atoms with Crippen LogP contribution in [0.3, 0.4) is 0 Å². The summed E-state index contributed by atoms with van der Waals surface area (Å²) in [5.74, 6) is -0.249. The van der Waals surface area contributed by atoms with E-state index in [1.54, 1.807) is 6.08 Å². The first-order valence-corrected chi connectivity index (χ1v) is 25.1. The number of unbranched alkanes of at least 4 members (excludes halogenated alkanes) is 23. The summed E-state index contributed by atoms with van der Waals surface area (Å²) < 4.78 is 22.6. The lowest BCUT2D eigenvalue weighted by Gasteiger charge is -2.46. The summed E-state index contributed by atoms with van der Waals surface area (Å²) in [5, 5.41) is 86.6. The van der Waals surface area contributed by atoms with Crippen molar-refractivity contribution >= 4 is 5.91 Å². The van der Waals surface area contributed by atoms with E-state index in [1.165, 1.54) is 122 Å². The summed E-state index contributed by atoms with van der Waals surface area (Å²) in [4.78, 5) is 13.1. The molecule has 1 amide bonds. The van der Waals surface area contributed by atoms with E-state index in [-0.39, 0.29) is 18.9 Å². The summed E-state index contributed by atoms with van der Waals surface area (Å²) in [7, 11) is 0. The average Bonchev–Trinajstić information content (AvgIpc) is 3.28. The first-order valence-electron chi connectivity index (χ1n) is 25.1. The molecule has 12 unspecified atom stereocenters. The number of hydrogen-bond acceptors (Lipinski definition) is 13. The molecule has 0 bridgehead atoms. The minimum Gasteiger partial charge on any atom is -0.394 e. The van der Waals surface area contributed by atoms with Gasteiger partial charge in [-0.15, -0.1) is 0 Å². The molecule has 0 spiro atoms. The fourth-order valence-corrected chi connectivity index (χ4v) is 8.25. The third-order valence-corrected chi connectivity index (χ3v) is 12.4. The number of ether oxygens (including phenoxy) is 4. The predicted octanol–water partition coefficient (Wildman–Crippen LogP) is 6.16. The van der Waals surface area contributed by atoms with Crippen LogP contribution in [-0.4, -0.2) is 140 Å². The molecule has 14 heteroatoms. The Morgan fingerprint density at radius 1 is 0.556 bits per heavy atom. The Bertz CT molecular complexity index is 1160. The van der Waals surface area contributed by atoms with Crippen molar-refractivity contribution in [2.75, 3.05) is 19.8 Å². The Morgan fingerprint density at radius 2 is 1.02 bits per heavy atom. The minimum atomic E-state index is -1.79. The summed E-state index contributed by atoms with van der Waals surface area (Å²) in [6.07, 6.45) is 22.2. The number of amides is 1. The van der Waals surface area contributed by atoms with Crippen LogP contribution < -0.4 is 5.32 Å². The highest BCUT2D eigenvalue weighted by Gasteiger charge is 2.51. The van der Waals surface area contributed by atoms with Gasteiger partial charge in [0, 0.05) is 6.42 Å². The lowest BCUT2D eigenvalue weighted by atomic mass is 9.97. The molecule has 2 fully saturated rings. The van der Waals surface area contributed by atoms with Crippen molar-refractivity contribution in [3.05, 3.63) is 24.3 Å². The van der Waals surface area contributed by atoms with Crippen LogP contribution >= 0.6 is 0 Å². The number of carbonyl (C=O) groups excluding carboxylic acids is 1. The largest absolute Gasteiger partial charge is 0.394 e. The fraction of sp³-hybridized carbons (Fsp3) is 0.898.